The van der Waals surface area contributed by atoms with Crippen LogP contribution in [-0.2, 0) is 19.6 Å². The Morgan fingerprint density at radius 3 is 2.63 bits per heavy atom. The van der Waals surface area contributed by atoms with Crippen LogP contribution >= 0.6 is 0 Å². The van der Waals surface area contributed by atoms with E-state index in [1.165, 1.54) is 11.4 Å². The fourth-order valence-corrected chi connectivity index (χ4v) is 3.93. The summed E-state index contributed by atoms with van der Waals surface area (Å²) in [6.45, 7) is 0.327. The first-order valence-corrected chi connectivity index (χ1v) is 7.92. The molecule has 1 rings (SSSR count). The number of piperidine rings is 1. The number of rotatable bonds is 6. The molecule has 1 atom stereocenters. The summed E-state index contributed by atoms with van der Waals surface area (Å²) < 4.78 is 25.5. The first-order chi connectivity index (χ1) is 8.88. The van der Waals surface area contributed by atoms with Crippen molar-refractivity contribution in [3.8, 4) is 0 Å². The number of carboxylic acid groups (broad SMARTS) is 1. The van der Waals surface area contributed by atoms with Crippen molar-refractivity contribution < 1.29 is 23.1 Å². The zero-order chi connectivity index (χ0) is 14.5. The first-order valence-electron chi connectivity index (χ1n) is 6.31. The summed E-state index contributed by atoms with van der Waals surface area (Å²) in [5.74, 6) is -1.55. The quantitative estimate of drug-likeness (QED) is 0.704. The predicted octanol–water partition coefficient (Wildman–Crippen LogP) is -0.218. The van der Waals surface area contributed by atoms with E-state index in [-0.39, 0.29) is 24.5 Å². The van der Waals surface area contributed by atoms with Crippen molar-refractivity contribution in [2.24, 2.45) is 0 Å². The summed E-state index contributed by atoms with van der Waals surface area (Å²) in [6, 6.07) is -0.659. The van der Waals surface area contributed by atoms with E-state index in [1.54, 1.807) is 0 Å². The van der Waals surface area contributed by atoms with E-state index < -0.39 is 22.0 Å². The Labute approximate surface area is 113 Å². The smallest absolute Gasteiger partial charge is 0.303 e. The molecule has 1 aliphatic heterocycles. The third-order valence-corrected chi connectivity index (χ3v) is 5.11. The molecular formula is C11H20N2O5S. The number of aliphatic carboxylic acids is 1. The maximum atomic E-state index is 12.2. The lowest BCUT2D eigenvalue weighted by molar-refractivity contribution is -0.137. The Kier molecular flexibility index (Phi) is 5.74. The number of sulfonamides is 1. The first kappa shape index (κ1) is 15.9. The molecule has 110 valence electrons. The number of nitrogens with zero attached hydrogens (tertiary/aromatic N) is 1. The van der Waals surface area contributed by atoms with Crippen LogP contribution in [0, 0.1) is 0 Å². The minimum absolute atomic E-state index is 0.0641. The van der Waals surface area contributed by atoms with Gasteiger partial charge in [0, 0.05) is 20.0 Å². The molecule has 0 aliphatic carbocycles. The summed E-state index contributed by atoms with van der Waals surface area (Å²) in [6.07, 6.45) is 1.94. The Morgan fingerprint density at radius 2 is 2.05 bits per heavy atom. The molecule has 0 bridgehead atoms. The molecule has 2 N–H and O–H groups in total. The highest BCUT2D eigenvalue weighted by atomic mass is 32.2. The average Bonchev–Trinajstić information content (AvgIpc) is 2.37. The number of hydrogen-bond acceptors (Lipinski definition) is 4. The van der Waals surface area contributed by atoms with Crippen molar-refractivity contribution in [3.05, 3.63) is 0 Å². The van der Waals surface area contributed by atoms with Gasteiger partial charge in [-0.1, -0.05) is 6.42 Å². The van der Waals surface area contributed by atoms with Gasteiger partial charge in [0.1, 0.15) is 6.04 Å². The van der Waals surface area contributed by atoms with E-state index in [2.05, 4.69) is 5.32 Å². The van der Waals surface area contributed by atoms with Gasteiger partial charge in [-0.15, -0.1) is 0 Å². The second kappa shape index (κ2) is 6.85. The van der Waals surface area contributed by atoms with Crippen LogP contribution in [0.5, 0.6) is 0 Å². The molecule has 1 amide bonds. The van der Waals surface area contributed by atoms with E-state index in [1.807, 2.05) is 0 Å². The van der Waals surface area contributed by atoms with Crippen molar-refractivity contribution in [2.45, 2.75) is 38.1 Å². The van der Waals surface area contributed by atoms with E-state index in [4.69, 9.17) is 5.11 Å². The third-order valence-electron chi connectivity index (χ3n) is 3.15. The van der Waals surface area contributed by atoms with Crippen LogP contribution in [0.1, 0.15) is 32.1 Å². The third kappa shape index (κ3) is 4.46. The maximum absolute atomic E-state index is 12.2. The molecule has 0 aromatic carbocycles. The molecule has 0 aromatic heterocycles. The van der Waals surface area contributed by atoms with Gasteiger partial charge in [0.2, 0.25) is 15.9 Å². The van der Waals surface area contributed by atoms with Gasteiger partial charge in [0.05, 0.1) is 5.75 Å². The van der Waals surface area contributed by atoms with Crippen LogP contribution in [-0.4, -0.2) is 55.1 Å². The Balaban J connectivity index is 2.72. The SMILES string of the molecule is CNC(=O)C1CCCCN1S(=O)(=O)CCCC(=O)O. The largest absolute Gasteiger partial charge is 0.481 e. The molecule has 0 radical (unpaired) electrons. The Bertz CT molecular complexity index is 434. The van der Waals surface area contributed by atoms with E-state index in [9.17, 15) is 18.0 Å². The van der Waals surface area contributed by atoms with Gasteiger partial charge in [-0.05, 0) is 19.3 Å². The molecule has 0 aromatic rings. The molecule has 1 unspecified atom stereocenters. The number of likely N-dealkylation sites (N-methyl/N-ethyl adjacent to an activating group) is 1. The molecule has 7 nitrogen and oxygen atoms in total. The minimum atomic E-state index is -3.57. The van der Waals surface area contributed by atoms with E-state index in [0.717, 1.165) is 12.8 Å². The molecule has 1 aliphatic rings. The van der Waals surface area contributed by atoms with Gasteiger partial charge in [-0.25, -0.2) is 8.42 Å². The molecule has 0 saturated carbocycles. The van der Waals surface area contributed by atoms with Crippen LogP contribution in [0.4, 0.5) is 0 Å². The fraction of sp³-hybridized carbons (Fsp3) is 0.818. The highest BCUT2D eigenvalue weighted by Crippen LogP contribution is 2.21. The summed E-state index contributed by atoms with van der Waals surface area (Å²) in [5.41, 5.74) is 0. The standard InChI is InChI=1S/C11H20N2O5S/c1-12-11(16)9-5-2-3-7-13(9)19(17,18)8-4-6-10(14)15/h9H,2-8H2,1H3,(H,12,16)(H,14,15). The molecular weight excluding hydrogens is 272 g/mol. The van der Waals surface area contributed by atoms with Crippen molar-refractivity contribution in [1.29, 1.82) is 0 Å². The van der Waals surface area contributed by atoms with Crippen LogP contribution in [0.15, 0.2) is 0 Å². The van der Waals surface area contributed by atoms with Gasteiger partial charge in [0.25, 0.3) is 0 Å². The number of nitrogens with one attached hydrogen (secondary N) is 1. The van der Waals surface area contributed by atoms with Crippen molar-refractivity contribution >= 4 is 21.9 Å². The molecule has 19 heavy (non-hydrogen) atoms. The second-order valence-corrected chi connectivity index (χ2v) is 6.59. The van der Waals surface area contributed by atoms with E-state index >= 15 is 0 Å². The van der Waals surface area contributed by atoms with E-state index in [0.29, 0.717) is 13.0 Å². The van der Waals surface area contributed by atoms with Crippen LogP contribution in [0.2, 0.25) is 0 Å². The number of amides is 1. The minimum Gasteiger partial charge on any atom is -0.481 e. The van der Waals surface area contributed by atoms with Gasteiger partial charge < -0.3 is 10.4 Å². The van der Waals surface area contributed by atoms with Gasteiger partial charge in [-0.3, -0.25) is 9.59 Å². The summed E-state index contributed by atoms with van der Waals surface area (Å²) >= 11 is 0. The molecule has 1 heterocycles. The Morgan fingerprint density at radius 1 is 1.37 bits per heavy atom. The molecule has 1 fully saturated rings. The van der Waals surface area contributed by atoms with Crippen molar-refractivity contribution in [3.63, 3.8) is 0 Å². The fourth-order valence-electron chi connectivity index (χ4n) is 2.19. The molecule has 0 spiro atoms. The average molecular weight is 292 g/mol. The lowest BCUT2D eigenvalue weighted by atomic mass is 10.0. The highest BCUT2D eigenvalue weighted by molar-refractivity contribution is 7.89. The predicted molar refractivity (Wildman–Crippen MR) is 69.1 cm³/mol. The number of carbonyl (C=O) groups excluding carboxylic acids is 1. The Hall–Kier alpha value is -1.15. The van der Waals surface area contributed by atoms with Gasteiger partial charge in [-0.2, -0.15) is 4.31 Å². The highest BCUT2D eigenvalue weighted by Gasteiger charge is 2.35. The number of carbonyl (C=O) groups is 2. The van der Waals surface area contributed by atoms with Crippen LogP contribution in [0.3, 0.4) is 0 Å². The maximum Gasteiger partial charge on any atom is 0.303 e. The van der Waals surface area contributed by atoms with Gasteiger partial charge >= 0.3 is 5.97 Å². The summed E-state index contributed by atoms with van der Waals surface area (Å²) in [4.78, 5) is 22.1. The monoisotopic (exact) mass is 292 g/mol. The summed E-state index contributed by atoms with van der Waals surface area (Å²) in [7, 11) is -2.10. The second-order valence-electron chi connectivity index (χ2n) is 4.55. The number of hydrogen-bond donors (Lipinski definition) is 2. The normalized spacial score (nSPS) is 21.0. The van der Waals surface area contributed by atoms with Gasteiger partial charge in [0.15, 0.2) is 0 Å². The van der Waals surface area contributed by atoms with Crippen LogP contribution < -0.4 is 5.32 Å². The van der Waals surface area contributed by atoms with Crippen molar-refractivity contribution in [1.82, 2.24) is 9.62 Å². The lowest BCUT2D eigenvalue weighted by Crippen LogP contribution is -2.51. The van der Waals surface area contributed by atoms with Crippen molar-refractivity contribution in [2.75, 3.05) is 19.3 Å². The molecule has 1 saturated heterocycles. The lowest BCUT2D eigenvalue weighted by Gasteiger charge is -2.33. The topological polar surface area (TPSA) is 104 Å². The summed E-state index contributed by atoms with van der Waals surface area (Å²) in [5, 5.41) is 11.0. The number of carboxylic acids is 1. The van der Waals surface area contributed by atoms with Crippen LogP contribution in [0.25, 0.3) is 0 Å². The zero-order valence-electron chi connectivity index (χ0n) is 11.0. The molecule has 8 heteroatoms. The zero-order valence-corrected chi connectivity index (χ0v) is 11.8.